The van der Waals surface area contributed by atoms with E-state index in [1.54, 1.807) is 0 Å². The molecule has 0 aromatic carbocycles. The third kappa shape index (κ3) is 2.42. The van der Waals surface area contributed by atoms with Gasteiger partial charge in [-0.1, -0.05) is 33.6 Å². The van der Waals surface area contributed by atoms with Gasteiger partial charge in [0.05, 0.1) is 0 Å². The van der Waals surface area contributed by atoms with E-state index in [2.05, 4.69) is 20.8 Å². The molecule has 1 atom stereocenters. The van der Waals surface area contributed by atoms with Crippen LogP contribution >= 0.6 is 12.6 Å². The van der Waals surface area contributed by atoms with Crippen molar-refractivity contribution >= 4 is 12.6 Å². The van der Waals surface area contributed by atoms with Crippen LogP contribution in [0.4, 0.5) is 0 Å². The summed E-state index contributed by atoms with van der Waals surface area (Å²) in [5.41, 5.74) is 0. The molecule has 1 unspecified atom stereocenters. The van der Waals surface area contributed by atoms with Gasteiger partial charge in [-0.15, -0.1) is 0 Å². The van der Waals surface area contributed by atoms with Crippen LogP contribution in [-0.2, 0) is 0 Å². The fourth-order valence-corrected chi connectivity index (χ4v) is 2.43. The lowest BCUT2D eigenvalue weighted by Crippen LogP contribution is -2.31. The molecule has 1 fully saturated rings. The van der Waals surface area contributed by atoms with Gasteiger partial charge in [0.1, 0.15) is 0 Å². The van der Waals surface area contributed by atoms with Crippen LogP contribution in [0.25, 0.3) is 0 Å². The topological polar surface area (TPSA) is 0 Å². The van der Waals surface area contributed by atoms with E-state index >= 15 is 0 Å². The second kappa shape index (κ2) is 4.04. The maximum absolute atomic E-state index is 4.76. The highest BCUT2D eigenvalue weighted by atomic mass is 32.1. The zero-order chi connectivity index (χ0) is 9.19. The third-order valence-electron chi connectivity index (χ3n) is 3.61. The van der Waals surface area contributed by atoms with Crippen molar-refractivity contribution in [1.82, 2.24) is 0 Å². The van der Waals surface area contributed by atoms with Crippen LogP contribution in [0.15, 0.2) is 0 Å². The first-order valence-electron chi connectivity index (χ1n) is 5.28. The first kappa shape index (κ1) is 10.4. The van der Waals surface area contributed by atoms with E-state index in [0.29, 0.717) is 4.75 Å². The van der Waals surface area contributed by atoms with Crippen LogP contribution < -0.4 is 0 Å². The molecule has 0 aromatic heterocycles. The highest BCUT2D eigenvalue weighted by molar-refractivity contribution is 7.81. The Morgan fingerprint density at radius 3 is 2.17 bits per heavy atom. The van der Waals surface area contributed by atoms with Crippen LogP contribution in [0.5, 0.6) is 0 Å². The Labute approximate surface area is 82.5 Å². The summed E-state index contributed by atoms with van der Waals surface area (Å²) in [4.78, 5) is 0. The Hall–Kier alpha value is 0.350. The van der Waals surface area contributed by atoms with Gasteiger partial charge in [0.25, 0.3) is 0 Å². The van der Waals surface area contributed by atoms with Gasteiger partial charge >= 0.3 is 0 Å². The van der Waals surface area contributed by atoms with E-state index in [-0.39, 0.29) is 0 Å². The number of rotatable bonds is 2. The second-order valence-electron chi connectivity index (χ2n) is 4.67. The van der Waals surface area contributed by atoms with Crippen molar-refractivity contribution in [2.45, 2.75) is 57.6 Å². The van der Waals surface area contributed by atoms with Crippen molar-refractivity contribution in [2.75, 3.05) is 0 Å². The molecule has 1 saturated carbocycles. The minimum atomic E-state index is 0.292. The molecule has 72 valence electrons. The van der Waals surface area contributed by atoms with Crippen LogP contribution in [-0.4, -0.2) is 4.75 Å². The molecule has 0 aliphatic heterocycles. The smallest absolute Gasteiger partial charge is 0.0127 e. The first-order valence-corrected chi connectivity index (χ1v) is 5.73. The molecule has 0 amide bonds. The van der Waals surface area contributed by atoms with Crippen molar-refractivity contribution in [3.63, 3.8) is 0 Å². The van der Waals surface area contributed by atoms with Crippen molar-refractivity contribution in [1.29, 1.82) is 0 Å². The lowest BCUT2D eigenvalue weighted by molar-refractivity contribution is 0.242. The summed E-state index contributed by atoms with van der Waals surface area (Å²) in [6, 6.07) is 0. The molecule has 0 bridgehead atoms. The van der Waals surface area contributed by atoms with Gasteiger partial charge < -0.3 is 0 Å². The van der Waals surface area contributed by atoms with E-state index < -0.39 is 0 Å². The van der Waals surface area contributed by atoms with Gasteiger partial charge in [0, 0.05) is 4.75 Å². The molecular weight excluding hydrogens is 164 g/mol. The summed E-state index contributed by atoms with van der Waals surface area (Å²) in [6.45, 7) is 6.93. The summed E-state index contributed by atoms with van der Waals surface area (Å²) < 4.78 is 0.292. The van der Waals surface area contributed by atoms with Crippen molar-refractivity contribution in [3.05, 3.63) is 0 Å². The number of thiol groups is 1. The fourth-order valence-electron chi connectivity index (χ4n) is 2.17. The SMILES string of the molecule is CCC(C)(S)C1CCC(C)CC1. The molecule has 1 aliphatic rings. The van der Waals surface area contributed by atoms with E-state index in [0.717, 1.165) is 11.8 Å². The van der Waals surface area contributed by atoms with Crippen LogP contribution in [0, 0.1) is 11.8 Å². The lowest BCUT2D eigenvalue weighted by Gasteiger charge is -2.37. The molecule has 0 saturated heterocycles. The predicted molar refractivity (Wildman–Crippen MR) is 58.8 cm³/mol. The average Bonchev–Trinajstić information content (AvgIpc) is 2.05. The monoisotopic (exact) mass is 186 g/mol. The van der Waals surface area contributed by atoms with Crippen LogP contribution in [0.3, 0.4) is 0 Å². The highest BCUT2D eigenvalue weighted by Gasteiger charge is 2.31. The lowest BCUT2D eigenvalue weighted by atomic mass is 9.75. The molecule has 0 radical (unpaired) electrons. The minimum Gasteiger partial charge on any atom is -0.173 e. The fraction of sp³-hybridized carbons (Fsp3) is 1.00. The van der Waals surface area contributed by atoms with Crippen LogP contribution in [0.2, 0.25) is 0 Å². The molecule has 0 spiro atoms. The molecule has 0 aromatic rings. The van der Waals surface area contributed by atoms with E-state index in [1.807, 2.05) is 0 Å². The highest BCUT2D eigenvalue weighted by Crippen LogP contribution is 2.40. The minimum absolute atomic E-state index is 0.292. The normalized spacial score (nSPS) is 36.0. The summed E-state index contributed by atoms with van der Waals surface area (Å²) in [6.07, 6.45) is 6.83. The molecular formula is C11H22S. The molecule has 1 heteroatoms. The average molecular weight is 186 g/mol. The molecule has 0 heterocycles. The van der Waals surface area contributed by atoms with E-state index in [9.17, 15) is 0 Å². The second-order valence-corrected chi connectivity index (χ2v) is 5.69. The van der Waals surface area contributed by atoms with Gasteiger partial charge in [-0.25, -0.2) is 0 Å². The Morgan fingerprint density at radius 2 is 1.75 bits per heavy atom. The molecule has 0 N–H and O–H groups in total. The summed E-state index contributed by atoms with van der Waals surface area (Å²) in [5.74, 6) is 1.82. The maximum atomic E-state index is 4.76. The van der Waals surface area contributed by atoms with Crippen molar-refractivity contribution < 1.29 is 0 Å². The number of hydrogen-bond acceptors (Lipinski definition) is 1. The Bertz CT molecular complexity index is 132. The molecule has 1 aliphatic carbocycles. The summed E-state index contributed by atoms with van der Waals surface area (Å²) >= 11 is 4.76. The predicted octanol–water partition coefficient (Wildman–Crippen LogP) is 3.91. The summed E-state index contributed by atoms with van der Waals surface area (Å²) in [5, 5.41) is 0. The maximum Gasteiger partial charge on any atom is 0.0127 e. The first-order chi connectivity index (χ1) is 5.56. The molecule has 12 heavy (non-hydrogen) atoms. The van der Waals surface area contributed by atoms with E-state index in [4.69, 9.17) is 12.6 Å². The Balaban J connectivity index is 2.44. The quantitative estimate of drug-likeness (QED) is 0.621. The largest absolute Gasteiger partial charge is 0.173 e. The van der Waals surface area contributed by atoms with Gasteiger partial charge in [-0.3, -0.25) is 0 Å². The number of hydrogen-bond donors (Lipinski definition) is 1. The third-order valence-corrected chi connectivity index (χ3v) is 4.29. The van der Waals surface area contributed by atoms with Crippen molar-refractivity contribution in [2.24, 2.45) is 11.8 Å². The molecule has 1 rings (SSSR count). The van der Waals surface area contributed by atoms with Gasteiger partial charge in [-0.05, 0) is 31.1 Å². The van der Waals surface area contributed by atoms with Gasteiger partial charge in [0.15, 0.2) is 0 Å². The Kier molecular flexibility index (Phi) is 3.51. The Morgan fingerprint density at radius 1 is 1.25 bits per heavy atom. The molecule has 0 nitrogen and oxygen atoms in total. The standard InChI is InChI=1S/C11H22S/c1-4-11(3,12)10-7-5-9(2)6-8-10/h9-10,12H,4-8H2,1-3H3. The van der Waals surface area contributed by atoms with Crippen molar-refractivity contribution in [3.8, 4) is 0 Å². The summed E-state index contributed by atoms with van der Waals surface area (Å²) in [7, 11) is 0. The zero-order valence-corrected chi connectivity index (χ0v) is 9.53. The van der Waals surface area contributed by atoms with Crippen LogP contribution in [0.1, 0.15) is 52.9 Å². The van der Waals surface area contributed by atoms with Gasteiger partial charge in [0.2, 0.25) is 0 Å². The van der Waals surface area contributed by atoms with E-state index in [1.165, 1.54) is 32.1 Å². The zero-order valence-electron chi connectivity index (χ0n) is 8.64. The van der Waals surface area contributed by atoms with Gasteiger partial charge in [-0.2, -0.15) is 12.6 Å².